The van der Waals surface area contributed by atoms with Gasteiger partial charge in [-0.25, -0.2) is 4.39 Å². The fourth-order valence-corrected chi connectivity index (χ4v) is 4.21. The smallest absolute Gasteiger partial charge is 0.263 e. The number of hydrogen-bond donors (Lipinski definition) is 2. The van der Waals surface area contributed by atoms with Gasteiger partial charge in [0.25, 0.3) is 5.91 Å². The van der Waals surface area contributed by atoms with Crippen LogP contribution in [-0.2, 0) is 0 Å². The Morgan fingerprint density at radius 1 is 1.21 bits per heavy atom. The molecule has 0 aliphatic rings. The van der Waals surface area contributed by atoms with Gasteiger partial charge in [-0.3, -0.25) is 9.69 Å². The highest BCUT2D eigenvalue weighted by molar-refractivity contribution is 7.18. The van der Waals surface area contributed by atoms with Crippen LogP contribution in [0.25, 0.3) is 10.6 Å². The highest BCUT2D eigenvalue weighted by Gasteiger charge is 2.24. The molecule has 0 aliphatic heterocycles. The molecule has 1 heterocycles. The van der Waals surface area contributed by atoms with E-state index in [-0.39, 0.29) is 18.8 Å². The van der Waals surface area contributed by atoms with Crippen molar-refractivity contribution < 1.29 is 24.1 Å². The minimum Gasteiger partial charge on any atom is -0.490 e. The SMILES string of the molecule is CCCCN(C(=O)c1ccccc1F)c1nnc(-c2cc(C)c(OC[C@H](O)CO)c(C)c2)s1. The van der Waals surface area contributed by atoms with Gasteiger partial charge in [-0.1, -0.05) is 36.8 Å². The zero-order chi connectivity index (χ0) is 24.0. The van der Waals surface area contributed by atoms with Crippen LogP contribution in [0.1, 0.15) is 41.3 Å². The standard InChI is InChI=1S/C24H28FN3O4S/c1-4-5-10-28(23(31)19-8-6-7-9-20(19)25)24-27-26-22(33-24)17-11-15(2)21(16(3)12-17)32-14-18(30)13-29/h6-9,11-12,18,29-30H,4-5,10,13-14H2,1-3H3/t18-/m1/s1. The van der Waals surface area contributed by atoms with E-state index in [9.17, 15) is 14.3 Å². The minimum absolute atomic E-state index is 0.00334. The number of nitrogens with zero attached hydrogens (tertiary/aromatic N) is 3. The van der Waals surface area contributed by atoms with Gasteiger partial charge in [-0.15, -0.1) is 10.2 Å². The Morgan fingerprint density at radius 2 is 1.91 bits per heavy atom. The molecule has 2 N–H and O–H groups in total. The van der Waals surface area contributed by atoms with E-state index in [0.717, 1.165) is 29.5 Å². The first kappa shape index (κ1) is 24.8. The summed E-state index contributed by atoms with van der Waals surface area (Å²) in [6, 6.07) is 9.71. The van der Waals surface area contributed by atoms with Gasteiger partial charge in [-0.2, -0.15) is 0 Å². The molecule has 0 aliphatic carbocycles. The maximum absolute atomic E-state index is 14.2. The molecule has 1 amide bonds. The monoisotopic (exact) mass is 473 g/mol. The molecule has 33 heavy (non-hydrogen) atoms. The van der Waals surface area contributed by atoms with Gasteiger partial charge in [0.2, 0.25) is 5.13 Å². The first-order valence-corrected chi connectivity index (χ1v) is 11.6. The second-order valence-corrected chi connectivity index (χ2v) is 8.72. The fourth-order valence-electron chi connectivity index (χ4n) is 3.36. The lowest BCUT2D eigenvalue weighted by Gasteiger charge is -2.19. The number of carbonyl (C=O) groups excluding carboxylic acids is 1. The van der Waals surface area contributed by atoms with Gasteiger partial charge in [0.1, 0.15) is 29.3 Å². The molecule has 0 saturated heterocycles. The first-order chi connectivity index (χ1) is 15.8. The third-order valence-electron chi connectivity index (χ3n) is 5.07. The molecular formula is C24H28FN3O4S. The van der Waals surface area contributed by atoms with Crippen LogP contribution in [0.4, 0.5) is 9.52 Å². The number of rotatable bonds is 10. The fraction of sp³-hybridized carbons (Fsp3) is 0.375. The maximum Gasteiger partial charge on any atom is 0.263 e. The molecule has 0 unspecified atom stereocenters. The number of benzene rings is 2. The molecular weight excluding hydrogens is 445 g/mol. The van der Waals surface area contributed by atoms with E-state index >= 15 is 0 Å². The number of ether oxygens (including phenoxy) is 1. The molecule has 1 atom stereocenters. The number of halogens is 1. The molecule has 0 spiro atoms. The van der Waals surface area contributed by atoms with Gasteiger partial charge in [0.05, 0.1) is 12.2 Å². The number of aromatic nitrogens is 2. The largest absolute Gasteiger partial charge is 0.490 e. The molecule has 3 aromatic rings. The van der Waals surface area contributed by atoms with Crippen LogP contribution in [0.2, 0.25) is 0 Å². The predicted molar refractivity (Wildman–Crippen MR) is 126 cm³/mol. The third kappa shape index (κ3) is 5.93. The lowest BCUT2D eigenvalue weighted by molar-refractivity contribution is 0.0532. The van der Waals surface area contributed by atoms with Crippen molar-refractivity contribution >= 4 is 22.4 Å². The molecule has 0 bridgehead atoms. The molecule has 9 heteroatoms. The topological polar surface area (TPSA) is 95.8 Å². The summed E-state index contributed by atoms with van der Waals surface area (Å²) < 4.78 is 19.9. The lowest BCUT2D eigenvalue weighted by Crippen LogP contribution is -2.32. The van der Waals surface area contributed by atoms with Crippen molar-refractivity contribution in [2.24, 2.45) is 0 Å². The summed E-state index contributed by atoms with van der Waals surface area (Å²) in [6.45, 7) is 5.82. The number of carbonyl (C=O) groups is 1. The van der Waals surface area contributed by atoms with E-state index in [2.05, 4.69) is 10.2 Å². The molecule has 1 aromatic heterocycles. The van der Waals surface area contributed by atoms with Crippen LogP contribution in [0.3, 0.4) is 0 Å². The van der Waals surface area contributed by atoms with Crippen molar-refractivity contribution in [1.29, 1.82) is 0 Å². The minimum atomic E-state index is -0.949. The Morgan fingerprint density at radius 3 is 2.55 bits per heavy atom. The Bertz CT molecular complexity index is 1080. The van der Waals surface area contributed by atoms with Gasteiger partial charge < -0.3 is 14.9 Å². The van der Waals surface area contributed by atoms with E-state index < -0.39 is 17.8 Å². The van der Waals surface area contributed by atoms with Crippen molar-refractivity contribution in [3.05, 3.63) is 58.9 Å². The van der Waals surface area contributed by atoms with Gasteiger partial charge in [0, 0.05) is 12.1 Å². The Labute approximate surface area is 196 Å². The van der Waals surface area contributed by atoms with E-state index in [1.807, 2.05) is 32.9 Å². The first-order valence-electron chi connectivity index (χ1n) is 10.8. The molecule has 0 fully saturated rings. The second kappa shape index (κ2) is 11.3. The Hall–Kier alpha value is -2.88. The second-order valence-electron chi connectivity index (χ2n) is 7.77. The van der Waals surface area contributed by atoms with Crippen LogP contribution in [-0.4, -0.2) is 52.2 Å². The summed E-state index contributed by atoms with van der Waals surface area (Å²) in [5.41, 5.74) is 2.51. The summed E-state index contributed by atoms with van der Waals surface area (Å²) in [7, 11) is 0. The van der Waals surface area contributed by atoms with E-state index in [0.29, 0.717) is 22.4 Å². The summed E-state index contributed by atoms with van der Waals surface area (Å²) in [6.07, 6.45) is 0.673. The third-order valence-corrected chi connectivity index (χ3v) is 6.06. The average molecular weight is 474 g/mol. The zero-order valence-corrected chi connectivity index (χ0v) is 19.7. The number of amides is 1. The van der Waals surface area contributed by atoms with Crippen LogP contribution in [0.5, 0.6) is 5.75 Å². The van der Waals surface area contributed by atoms with Crippen LogP contribution < -0.4 is 9.64 Å². The van der Waals surface area contributed by atoms with E-state index in [4.69, 9.17) is 9.84 Å². The normalized spacial score (nSPS) is 11.9. The van der Waals surface area contributed by atoms with Crippen molar-refractivity contribution in [2.75, 3.05) is 24.7 Å². The predicted octanol–water partition coefficient (Wildman–Crippen LogP) is 4.14. The summed E-state index contributed by atoms with van der Waals surface area (Å²) >= 11 is 1.27. The quantitative estimate of drug-likeness (QED) is 0.460. The van der Waals surface area contributed by atoms with Crippen molar-refractivity contribution in [1.82, 2.24) is 10.2 Å². The van der Waals surface area contributed by atoms with Gasteiger partial charge in [-0.05, 0) is 55.7 Å². The molecule has 0 saturated carbocycles. The van der Waals surface area contributed by atoms with Crippen molar-refractivity contribution in [2.45, 2.75) is 39.7 Å². The number of aryl methyl sites for hydroxylation is 2. The van der Waals surface area contributed by atoms with Crippen LogP contribution in [0, 0.1) is 19.7 Å². The number of hydrogen-bond acceptors (Lipinski definition) is 7. The number of aliphatic hydroxyl groups is 2. The van der Waals surface area contributed by atoms with Crippen molar-refractivity contribution in [3.8, 4) is 16.3 Å². The van der Waals surface area contributed by atoms with Crippen LogP contribution in [0.15, 0.2) is 36.4 Å². The number of aliphatic hydroxyl groups excluding tert-OH is 2. The molecule has 2 aromatic carbocycles. The van der Waals surface area contributed by atoms with Crippen LogP contribution >= 0.6 is 11.3 Å². The highest BCUT2D eigenvalue weighted by Crippen LogP contribution is 2.34. The number of anilines is 1. The summed E-state index contributed by atoms with van der Waals surface area (Å²) in [5.74, 6) is -0.375. The van der Waals surface area contributed by atoms with Gasteiger partial charge >= 0.3 is 0 Å². The molecule has 176 valence electrons. The molecule has 7 nitrogen and oxygen atoms in total. The maximum atomic E-state index is 14.2. The Kier molecular flexibility index (Phi) is 8.49. The van der Waals surface area contributed by atoms with E-state index in [1.165, 1.54) is 28.4 Å². The van der Waals surface area contributed by atoms with E-state index in [1.54, 1.807) is 12.1 Å². The molecule has 0 radical (unpaired) electrons. The highest BCUT2D eigenvalue weighted by atomic mass is 32.1. The van der Waals surface area contributed by atoms with Crippen molar-refractivity contribution in [3.63, 3.8) is 0 Å². The zero-order valence-electron chi connectivity index (χ0n) is 18.9. The lowest BCUT2D eigenvalue weighted by atomic mass is 10.1. The molecule has 3 rings (SSSR count). The Balaban J connectivity index is 1.88. The average Bonchev–Trinajstić information content (AvgIpc) is 3.28. The van der Waals surface area contributed by atoms with Gasteiger partial charge in [0.15, 0.2) is 0 Å². The summed E-state index contributed by atoms with van der Waals surface area (Å²) in [4.78, 5) is 14.6. The summed E-state index contributed by atoms with van der Waals surface area (Å²) in [5, 5.41) is 28.1. The number of unbranched alkanes of at least 4 members (excludes halogenated alkanes) is 1.